The number of anilines is 1. The van der Waals surface area contributed by atoms with Gasteiger partial charge in [0.25, 0.3) is 0 Å². The molecule has 0 bridgehead atoms. The molecule has 1 saturated carbocycles. The Bertz CT molecular complexity index is 724. The number of amides is 1. The van der Waals surface area contributed by atoms with Crippen molar-refractivity contribution < 1.29 is 9.53 Å². The number of nitriles is 1. The van der Waals surface area contributed by atoms with Gasteiger partial charge in [-0.1, -0.05) is 0 Å². The predicted octanol–water partition coefficient (Wildman–Crippen LogP) is 1.11. The summed E-state index contributed by atoms with van der Waals surface area (Å²) in [6.07, 6.45) is 8.09. The molecule has 3 fully saturated rings. The summed E-state index contributed by atoms with van der Waals surface area (Å²) >= 11 is 0. The summed E-state index contributed by atoms with van der Waals surface area (Å²) in [5.41, 5.74) is 0.268. The zero-order valence-electron chi connectivity index (χ0n) is 16.2. The van der Waals surface area contributed by atoms with Gasteiger partial charge in [0.2, 0.25) is 5.91 Å². The molecule has 1 aromatic rings. The van der Waals surface area contributed by atoms with Gasteiger partial charge in [0, 0.05) is 38.6 Å². The molecular formula is C20H28N6O2. The van der Waals surface area contributed by atoms with Crippen molar-refractivity contribution in [3.05, 3.63) is 18.1 Å². The van der Waals surface area contributed by atoms with Crippen LogP contribution in [0.2, 0.25) is 0 Å². The highest BCUT2D eigenvalue weighted by molar-refractivity contribution is 5.78. The van der Waals surface area contributed by atoms with Crippen LogP contribution in [-0.4, -0.2) is 77.7 Å². The predicted molar refractivity (Wildman–Crippen MR) is 103 cm³/mol. The lowest BCUT2D eigenvalue weighted by Crippen LogP contribution is -2.51. The zero-order valence-corrected chi connectivity index (χ0v) is 16.2. The van der Waals surface area contributed by atoms with Crippen molar-refractivity contribution in [1.29, 1.82) is 5.26 Å². The fraction of sp³-hybridized carbons (Fsp3) is 0.700. The number of nitrogens with one attached hydrogen (secondary N) is 1. The molecule has 1 amide bonds. The first kappa shape index (κ1) is 19.1. The smallest absolute Gasteiger partial charge is 0.248 e. The number of aromatic nitrogens is 2. The monoisotopic (exact) mass is 384 g/mol. The minimum absolute atomic E-state index is 0.0777. The number of likely N-dealkylation sites (tertiary alicyclic amines) is 1. The lowest BCUT2D eigenvalue weighted by Gasteiger charge is -2.38. The molecule has 3 aliphatic rings. The second kappa shape index (κ2) is 8.84. The molecule has 150 valence electrons. The quantitative estimate of drug-likeness (QED) is 0.752. The number of carbonyl (C=O) groups excluding carboxylic acids is 1. The summed E-state index contributed by atoms with van der Waals surface area (Å²) in [4.78, 5) is 25.0. The van der Waals surface area contributed by atoms with E-state index in [2.05, 4.69) is 20.2 Å². The second-order valence-electron chi connectivity index (χ2n) is 8.17. The van der Waals surface area contributed by atoms with Crippen LogP contribution in [0.1, 0.15) is 31.4 Å². The summed E-state index contributed by atoms with van der Waals surface area (Å²) in [5.74, 6) is 2.06. The molecule has 0 unspecified atom stereocenters. The number of hydrogen-bond donors (Lipinski definition) is 1. The Morgan fingerprint density at radius 1 is 1.14 bits per heavy atom. The minimum Gasteiger partial charge on any atom is -0.365 e. The SMILES string of the molecule is N#Cc1nccnc1NC[C@H]1CN(CC2CCN(CC3CC3)CC2)C(=O)CO1. The van der Waals surface area contributed by atoms with Crippen molar-refractivity contribution in [1.82, 2.24) is 19.8 Å². The van der Waals surface area contributed by atoms with E-state index in [0.717, 1.165) is 25.6 Å². The molecule has 2 saturated heterocycles. The first-order valence-electron chi connectivity index (χ1n) is 10.3. The number of piperidine rings is 1. The van der Waals surface area contributed by atoms with Crippen molar-refractivity contribution in [3.63, 3.8) is 0 Å². The van der Waals surface area contributed by atoms with Gasteiger partial charge < -0.3 is 19.9 Å². The summed E-state index contributed by atoms with van der Waals surface area (Å²) in [5, 5.41) is 12.2. The molecule has 1 N–H and O–H groups in total. The van der Waals surface area contributed by atoms with E-state index in [4.69, 9.17) is 10.00 Å². The van der Waals surface area contributed by atoms with E-state index in [0.29, 0.717) is 24.8 Å². The Hall–Kier alpha value is -2.24. The summed E-state index contributed by atoms with van der Waals surface area (Å²) in [7, 11) is 0. The number of rotatable bonds is 7. The Labute approximate surface area is 165 Å². The van der Waals surface area contributed by atoms with Gasteiger partial charge in [-0.2, -0.15) is 5.26 Å². The van der Waals surface area contributed by atoms with Crippen LogP contribution in [0.25, 0.3) is 0 Å². The molecule has 1 aromatic heterocycles. The highest BCUT2D eigenvalue weighted by Gasteiger charge is 2.31. The first-order valence-corrected chi connectivity index (χ1v) is 10.3. The van der Waals surface area contributed by atoms with Crippen LogP contribution in [-0.2, 0) is 9.53 Å². The van der Waals surface area contributed by atoms with Gasteiger partial charge in [0.1, 0.15) is 12.7 Å². The molecule has 28 heavy (non-hydrogen) atoms. The van der Waals surface area contributed by atoms with Gasteiger partial charge in [-0.15, -0.1) is 0 Å². The number of carbonyl (C=O) groups is 1. The third kappa shape index (κ3) is 4.97. The van der Waals surface area contributed by atoms with E-state index in [9.17, 15) is 4.79 Å². The largest absolute Gasteiger partial charge is 0.365 e. The number of ether oxygens (including phenoxy) is 1. The van der Waals surface area contributed by atoms with Gasteiger partial charge in [0.05, 0.1) is 6.10 Å². The van der Waals surface area contributed by atoms with Crippen molar-refractivity contribution in [2.45, 2.75) is 31.8 Å². The summed E-state index contributed by atoms with van der Waals surface area (Å²) in [6, 6.07) is 2.03. The first-order chi connectivity index (χ1) is 13.7. The number of morpholine rings is 1. The minimum atomic E-state index is -0.110. The number of nitrogens with zero attached hydrogens (tertiary/aromatic N) is 5. The van der Waals surface area contributed by atoms with Crippen LogP contribution < -0.4 is 5.32 Å². The molecule has 8 nitrogen and oxygen atoms in total. The highest BCUT2D eigenvalue weighted by atomic mass is 16.5. The summed E-state index contributed by atoms with van der Waals surface area (Å²) < 4.78 is 5.68. The van der Waals surface area contributed by atoms with Crippen LogP contribution in [0.3, 0.4) is 0 Å². The fourth-order valence-corrected chi connectivity index (χ4v) is 4.07. The van der Waals surface area contributed by atoms with E-state index in [1.807, 2.05) is 11.0 Å². The Balaban J connectivity index is 1.24. The topological polar surface area (TPSA) is 94.4 Å². The van der Waals surface area contributed by atoms with Gasteiger partial charge in [-0.25, -0.2) is 9.97 Å². The Morgan fingerprint density at radius 3 is 2.64 bits per heavy atom. The summed E-state index contributed by atoms with van der Waals surface area (Å²) in [6.45, 7) is 5.61. The van der Waals surface area contributed by atoms with Gasteiger partial charge in [0.15, 0.2) is 11.5 Å². The van der Waals surface area contributed by atoms with E-state index in [-0.39, 0.29) is 24.3 Å². The van der Waals surface area contributed by atoms with E-state index in [1.54, 1.807) is 6.20 Å². The van der Waals surface area contributed by atoms with Crippen LogP contribution in [0.15, 0.2) is 12.4 Å². The maximum absolute atomic E-state index is 12.3. The van der Waals surface area contributed by atoms with Crippen molar-refractivity contribution in [2.24, 2.45) is 11.8 Å². The van der Waals surface area contributed by atoms with Crippen molar-refractivity contribution in [2.75, 3.05) is 51.2 Å². The molecule has 3 heterocycles. The average Bonchev–Trinajstić information content (AvgIpc) is 3.54. The van der Waals surface area contributed by atoms with E-state index in [1.165, 1.54) is 38.4 Å². The molecule has 0 spiro atoms. The van der Waals surface area contributed by atoms with Crippen LogP contribution in [0, 0.1) is 23.2 Å². The molecule has 0 aromatic carbocycles. The van der Waals surface area contributed by atoms with E-state index < -0.39 is 0 Å². The molecule has 1 atom stereocenters. The number of hydrogen-bond acceptors (Lipinski definition) is 7. The Kier molecular flexibility index (Phi) is 6.03. The molecule has 0 radical (unpaired) electrons. The van der Waals surface area contributed by atoms with Crippen LogP contribution in [0.5, 0.6) is 0 Å². The van der Waals surface area contributed by atoms with Crippen LogP contribution in [0.4, 0.5) is 5.82 Å². The maximum Gasteiger partial charge on any atom is 0.248 e. The Morgan fingerprint density at radius 2 is 1.89 bits per heavy atom. The lowest BCUT2D eigenvalue weighted by atomic mass is 9.95. The van der Waals surface area contributed by atoms with E-state index >= 15 is 0 Å². The molecule has 8 heteroatoms. The van der Waals surface area contributed by atoms with Gasteiger partial charge in [-0.05, 0) is 50.6 Å². The fourth-order valence-electron chi connectivity index (χ4n) is 4.07. The molecule has 2 aliphatic heterocycles. The normalized spacial score (nSPS) is 24.2. The van der Waals surface area contributed by atoms with Crippen molar-refractivity contribution >= 4 is 11.7 Å². The zero-order chi connectivity index (χ0) is 19.3. The highest BCUT2D eigenvalue weighted by Crippen LogP contribution is 2.31. The average molecular weight is 384 g/mol. The molecule has 1 aliphatic carbocycles. The molecular weight excluding hydrogens is 356 g/mol. The van der Waals surface area contributed by atoms with Crippen molar-refractivity contribution in [3.8, 4) is 6.07 Å². The lowest BCUT2D eigenvalue weighted by molar-refractivity contribution is -0.149. The van der Waals surface area contributed by atoms with Gasteiger partial charge in [-0.3, -0.25) is 4.79 Å². The standard InChI is InChI=1S/C20H28N6O2/c21-9-18-20(23-6-5-22-18)24-10-17-13-26(19(27)14-28-17)12-16-3-7-25(8-4-16)11-15-1-2-15/h5-6,15-17H,1-4,7-8,10-14H2,(H,23,24)/t17-/m0/s1. The van der Waals surface area contributed by atoms with Gasteiger partial charge >= 0.3 is 0 Å². The van der Waals surface area contributed by atoms with Crippen LogP contribution >= 0.6 is 0 Å². The third-order valence-electron chi connectivity index (χ3n) is 5.92. The molecule has 4 rings (SSSR count). The third-order valence-corrected chi connectivity index (χ3v) is 5.92. The second-order valence-corrected chi connectivity index (χ2v) is 8.17. The maximum atomic E-state index is 12.3.